The molecule has 0 radical (unpaired) electrons. The van der Waals surface area contributed by atoms with E-state index in [0.717, 1.165) is 42.5 Å². The molecule has 6 nitrogen and oxygen atoms in total. The number of nitrogens with zero attached hydrogens (tertiary/aromatic N) is 3. The van der Waals surface area contributed by atoms with E-state index in [0.29, 0.717) is 18.3 Å². The van der Waals surface area contributed by atoms with Crippen LogP contribution in [0.4, 0.5) is 10.5 Å². The highest BCUT2D eigenvalue weighted by molar-refractivity contribution is 5.89. The summed E-state index contributed by atoms with van der Waals surface area (Å²) < 4.78 is 5.58. The Morgan fingerprint density at radius 1 is 1.21 bits per heavy atom. The maximum absolute atomic E-state index is 13.0. The van der Waals surface area contributed by atoms with Crippen LogP contribution in [0.1, 0.15) is 49.2 Å². The van der Waals surface area contributed by atoms with Crippen molar-refractivity contribution in [1.29, 1.82) is 0 Å². The molecule has 0 aliphatic carbocycles. The third-order valence-corrected chi connectivity index (χ3v) is 5.38. The molecule has 0 bridgehead atoms. The molecule has 0 saturated carbocycles. The van der Waals surface area contributed by atoms with Gasteiger partial charge in [-0.2, -0.15) is 4.98 Å². The van der Waals surface area contributed by atoms with Gasteiger partial charge in [0.15, 0.2) is 0 Å². The van der Waals surface area contributed by atoms with Gasteiger partial charge in [0.2, 0.25) is 11.7 Å². The van der Waals surface area contributed by atoms with Gasteiger partial charge in [-0.1, -0.05) is 48.0 Å². The highest BCUT2D eigenvalue weighted by Gasteiger charge is 2.32. The number of aromatic nitrogens is 2. The molecule has 1 aromatic heterocycles. The zero-order valence-corrected chi connectivity index (χ0v) is 16.9. The molecule has 1 aliphatic heterocycles. The minimum Gasteiger partial charge on any atom is -0.337 e. The van der Waals surface area contributed by atoms with Crippen molar-refractivity contribution >= 4 is 11.7 Å². The van der Waals surface area contributed by atoms with Crippen LogP contribution in [-0.4, -0.2) is 27.6 Å². The molecule has 1 aliphatic rings. The first kappa shape index (κ1) is 19.2. The van der Waals surface area contributed by atoms with E-state index in [1.165, 1.54) is 5.56 Å². The Morgan fingerprint density at radius 3 is 2.79 bits per heavy atom. The van der Waals surface area contributed by atoms with Gasteiger partial charge in [-0.05, 0) is 56.4 Å². The average Bonchev–Trinajstić information content (AvgIpc) is 3.24. The third kappa shape index (κ3) is 4.31. The second-order valence-electron chi connectivity index (χ2n) is 7.51. The van der Waals surface area contributed by atoms with E-state index in [4.69, 9.17) is 4.52 Å². The third-order valence-electron chi connectivity index (χ3n) is 5.38. The zero-order valence-electron chi connectivity index (χ0n) is 16.9. The zero-order chi connectivity index (χ0) is 20.2. The molecule has 1 atom stereocenters. The quantitative estimate of drug-likeness (QED) is 0.650. The topological polar surface area (TPSA) is 71.3 Å². The highest BCUT2D eigenvalue weighted by atomic mass is 16.5. The number of carbonyl (C=O) groups is 1. The lowest BCUT2D eigenvalue weighted by Crippen LogP contribution is -2.41. The maximum atomic E-state index is 13.0. The molecular formula is C23H26N4O2. The molecule has 150 valence electrons. The molecular weight excluding hydrogens is 364 g/mol. The minimum absolute atomic E-state index is 0.130. The standard InChI is InChI=1S/C23H26N4O2/c1-3-17-10-12-19(13-11-17)24-23(28)27-14-5-4-9-20(27)22-25-21(26-29-22)18-8-6-7-16(2)15-18/h6-8,10-13,15,20H,3-5,9,14H2,1-2H3,(H,24,28)/t20-/m1/s1. The SMILES string of the molecule is CCc1ccc(NC(=O)N2CCCC[C@@H]2c2nc(-c3cccc(C)c3)no2)cc1. The predicted octanol–water partition coefficient (Wildman–Crippen LogP) is 5.37. The van der Waals surface area contributed by atoms with E-state index in [9.17, 15) is 4.79 Å². The number of aryl methyl sites for hydroxylation is 2. The molecule has 1 fully saturated rings. The van der Waals surface area contributed by atoms with Crippen molar-refractivity contribution in [3.63, 3.8) is 0 Å². The van der Waals surface area contributed by atoms with E-state index in [1.54, 1.807) is 0 Å². The van der Waals surface area contributed by atoms with Crippen molar-refractivity contribution in [2.24, 2.45) is 0 Å². The van der Waals surface area contributed by atoms with Crippen LogP contribution in [0, 0.1) is 6.92 Å². The van der Waals surface area contributed by atoms with Gasteiger partial charge < -0.3 is 14.7 Å². The smallest absolute Gasteiger partial charge is 0.322 e. The maximum Gasteiger partial charge on any atom is 0.322 e. The van der Waals surface area contributed by atoms with Gasteiger partial charge >= 0.3 is 6.03 Å². The van der Waals surface area contributed by atoms with Gasteiger partial charge in [-0.25, -0.2) is 4.79 Å². The number of carbonyl (C=O) groups excluding carboxylic acids is 1. The van der Waals surface area contributed by atoms with Gasteiger partial charge in [0.1, 0.15) is 6.04 Å². The van der Waals surface area contributed by atoms with Crippen LogP contribution in [0.5, 0.6) is 0 Å². The van der Waals surface area contributed by atoms with Gasteiger partial charge in [0.25, 0.3) is 0 Å². The van der Waals surface area contributed by atoms with Gasteiger partial charge in [-0.15, -0.1) is 0 Å². The van der Waals surface area contributed by atoms with Crippen LogP contribution in [0.25, 0.3) is 11.4 Å². The lowest BCUT2D eigenvalue weighted by molar-refractivity contribution is 0.142. The summed E-state index contributed by atoms with van der Waals surface area (Å²) >= 11 is 0. The number of nitrogens with one attached hydrogen (secondary N) is 1. The number of anilines is 1. The van der Waals surface area contributed by atoms with Gasteiger partial charge in [-0.3, -0.25) is 0 Å². The average molecular weight is 390 g/mol. The second-order valence-corrected chi connectivity index (χ2v) is 7.51. The Labute approximate surface area is 170 Å². The Kier molecular flexibility index (Phi) is 5.60. The number of likely N-dealkylation sites (tertiary alicyclic amines) is 1. The molecule has 0 spiro atoms. The Morgan fingerprint density at radius 2 is 2.03 bits per heavy atom. The van der Waals surface area contributed by atoms with Crippen LogP contribution >= 0.6 is 0 Å². The largest absolute Gasteiger partial charge is 0.337 e. The molecule has 6 heteroatoms. The van der Waals surface area contributed by atoms with E-state index in [1.807, 2.05) is 60.4 Å². The van der Waals surface area contributed by atoms with E-state index in [-0.39, 0.29) is 12.1 Å². The first-order valence-corrected chi connectivity index (χ1v) is 10.2. The summed E-state index contributed by atoms with van der Waals surface area (Å²) in [6.45, 7) is 4.82. The van der Waals surface area contributed by atoms with Crippen LogP contribution in [0.15, 0.2) is 53.1 Å². The molecule has 29 heavy (non-hydrogen) atoms. The highest BCUT2D eigenvalue weighted by Crippen LogP contribution is 2.31. The number of hydrogen-bond donors (Lipinski definition) is 1. The Hall–Kier alpha value is -3.15. The number of amides is 2. The summed E-state index contributed by atoms with van der Waals surface area (Å²) in [5.74, 6) is 1.06. The minimum atomic E-state index is -0.204. The summed E-state index contributed by atoms with van der Waals surface area (Å²) in [7, 11) is 0. The second kappa shape index (κ2) is 8.47. The molecule has 2 amide bonds. The molecule has 1 saturated heterocycles. The number of piperidine rings is 1. The van der Waals surface area contributed by atoms with Crippen LogP contribution < -0.4 is 5.32 Å². The first-order chi connectivity index (χ1) is 14.1. The molecule has 0 unspecified atom stereocenters. The number of hydrogen-bond acceptors (Lipinski definition) is 4. The van der Waals surface area contributed by atoms with Crippen molar-refractivity contribution in [1.82, 2.24) is 15.0 Å². The molecule has 4 rings (SSSR count). The fourth-order valence-electron chi connectivity index (χ4n) is 3.72. The van der Waals surface area contributed by atoms with E-state index >= 15 is 0 Å². The molecule has 2 heterocycles. The fourth-order valence-corrected chi connectivity index (χ4v) is 3.72. The summed E-state index contributed by atoms with van der Waals surface area (Å²) in [4.78, 5) is 19.4. The lowest BCUT2D eigenvalue weighted by Gasteiger charge is -2.33. The normalized spacial score (nSPS) is 16.6. The Bertz CT molecular complexity index is 981. The first-order valence-electron chi connectivity index (χ1n) is 10.2. The molecule has 2 aromatic carbocycles. The van der Waals surface area contributed by atoms with E-state index < -0.39 is 0 Å². The number of urea groups is 1. The van der Waals surface area contributed by atoms with Crippen molar-refractivity contribution in [3.05, 3.63) is 65.5 Å². The van der Waals surface area contributed by atoms with Crippen LogP contribution in [0.3, 0.4) is 0 Å². The summed E-state index contributed by atoms with van der Waals surface area (Å²) in [6, 6.07) is 15.6. The lowest BCUT2D eigenvalue weighted by atomic mass is 10.0. The predicted molar refractivity (Wildman–Crippen MR) is 113 cm³/mol. The van der Waals surface area contributed by atoms with Crippen molar-refractivity contribution < 1.29 is 9.32 Å². The fraction of sp³-hybridized carbons (Fsp3) is 0.348. The van der Waals surface area contributed by atoms with Crippen molar-refractivity contribution in [2.45, 2.75) is 45.6 Å². The van der Waals surface area contributed by atoms with E-state index in [2.05, 4.69) is 22.4 Å². The van der Waals surface area contributed by atoms with Gasteiger partial charge in [0, 0.05) is 17.8 Å². The van der Waals surface area contributed by atoms with Crippen LogP contribution in [-0.2, 0) is 6.42 Å². The monoisotopic (exact) mass is 390 g/mol. The molecule has 3 aromatic rings. The Balaban J connectivity index is 1.52. The number of rotatable bonds is 4. The summed E-state index contributed by atoms with van der Waals surface area (Å²) in [5.41, 5.74) is 4.10. The summed E-state index contributed by atoms with van der Waals surface area (Å²) in [5, 5.41) is 7.16. The molecule has 1 N–H and O–H groups in total. The number of benzene rings is 2. The summed E-state index contributed by atoms with van der Waals surface area (Å²) in [6.07, 6.45) is 3.79. The van der Waals surface area contributed by atoms with Gasteiger partial charge in [0.05, 0.1) is 0 Å². The van der Waals surface area contributed by atoms with Crippen molar-refractivity contribution in [2.75, 3.05) is 11.9 Å². The van der Waals surface area contributed by atoms with Crippen LogP contribution in [0.2, 0.25) is 0 Å². The van der Waals surface area contributed by atoms with Crippen molar-refractivity contribution in [3.8, 4) is 11.4 Å².